The molecule has 0 bridgehead atoms. The number of aromatic nitrogens is 3. The molecule has 8 nitrogen and oxygen atoms in total. The summed E-state index contributed by atoms with van der Waals surface area (Å²) in [5, 5.41) is 15.3. The Labute approximate surface area is 205 Å². The van der Waals surface area contributed by atoms with Gasteiger partial charge in [-0.05, 0) is 38.0 Å². The van der Waals surface area contributed by atoms with Crippen molar-refractivity contribution in [3.63, 3.8) is 0 Å². The van der Waals surface area contributed by atoms with Crippen LogP contribution >= 0.6 is 22.9 Å². The van der Waals surface area contributed by atoms with E-state index in [1.54, 1.807) is 19.2 Å². The van der Waals surface area contributed by atoms with Crippen LogP contribution in [0.1, 0.15) is 19.8 Å². The lowest BCUT2D eigenvalue weighted by atomic mass is 10.1. The molecule has 178 valence electrons. The van der Waals surface area contributed by atoms with Crippen LogP contribution in [0.15, 0.2) is 30.0 Å². The van der Waals surface area contributed by atoms with E-state index in [0.717, 1.165) is 18.4 Å². The Morgan fingerprint density at radius 3 is 2.82 bits per heavy atom. The van der Waals surface area contributed by atoms with Gasteiger partial charge in [0.25, 0.3) is 0 Å². The highest BCUT2D eigenvalue weighted by atomic mass is 35.5. The highest BCUT2D eigenvalue weighted by Gasteiger charge is 2.31. The minimum absolute atomic E-state index is 0.110. The summed E-state index contributed by atoms with van der Waals surface area (Å²) >= 11 is 7.36. The Hall–Kier alpha value is -2.82. The van der Waals surface area contributed by atoms with Gasteiger partial charge in [-0.25, -0.2) is 9.37 Å². The number of halogens is 2. The summed E-state index contributed by atoms with van der Waals surface area (Å²) in [5.41, 5.74) is 2.08. The molecule has 2 aromatic heterocycles. The number of rotatable bonds is 7. The Morgan fingerprint density at radius 1 is 1.29 bits per heavy atom. The molecular weight excluding hydrogens is 477 g/mol. The van der Waals surface area contributed by atoms with E-state index < -0.39 is 5.82 Å². The second-order valence-corrected chi connectivity index (χ2v) is 9.92. The van der Waals surface area contributed by atoms with Gasteiger partial charge in [0.15, 0.2) is 10.8 Å². The smallest absolute Gasteiger partial charge is 0.228 e. The zero-order chi connectivity index (χ0) is 23.8. The van der Waals surface area contributed by atoms with Gasteiger partial charge in [-0.2, -0.15) is 9.97 Å². The van der Waals surface area contributed by atoms with Crippen LogP contribution < -0.4 is 15.5 Å². The van der Waals surface area contributed by atoms with Gasteiger partial charge in [0, 0.05) is 48.2 Å². The first-order chi connectivity index (χ1) is 16.4. The number of hydrogen-bond acceptors (Lipinski definition) is 9. The lowest BCUT2D eigenvalue weighted by molar-refractivity contribution is 0.00652. The topological polar surface area (TPSA) is 99.0 Å². The molecule has 1 aromatic carbocycles. The van der Waals surface area contributed by atoms with E-state index in [-0.39, 0.29) is 12.2 Å². The molecule has 11 heteroatoms. The number of fused-ring (bicyclic) bond motifs is 1. The van der Waals surface area contributed by atoms with E-state index in [2.05, 4.69) is 15.6 Å². The van der Waals surface area contributed by atoms with Crippen LogP contribution in [0.4, 0.5) is 15.5 Å². The molecule has 3 N–H and O–H groups in total. The maximum atomic E-state index is 14.9. The van der Waals surface area contributed by atoms with Gasteiger partial charge in [-0.3, -0.25) is 0 Å². The number of benzene rings is 1. The Balaban J connectivity index is 1.54. The largest absolute Gasteiger partial charge is 0.388 e. The van der Waals surface area contributed by atoms with Crippen LogP contribution in [-0.4, -0.2) is 59.6 Å². The summed E-state index contributed by atoms with van der Waals surface area (Å²) in [6.07, 6.45) is 5.08. The van der Waals surface area contributed by atoms with Gasteiger partial charge in [-0.15, -0.1) is 0 Å². The van der Waals surface area contributed by atoms with Crippen molar-refractivity contribution in [1.82, 2.24) is 20.3 Å². The number of anilines is 2. The second-order valence-electron chi connectivity index (χ2n) is 8.49. The summed E-state index contributed by atoms with van der Waals surface area (Å²) in [7, 11) is 1.78. The molecule has 2 fully saturated rings. The number of morpholine rings is 1. The standard InChI is InChI=1S/C23H25ClFN7OS/c1-12-10-32(11-18(33-12)13(8-26)9-28-15-4-5-15)22-29-19(16-6-3-14(24)7-17(16)25)20-21(30-22)31-23(27-2)34-20/h3,6-9,12,15,18,26,28H,4-5,10-11H2,1-2H3,(H,27,29,30,31)/b13-9+,26-8?. The Kier molecular flexibility index (Phi) is 6.37. The van der Waals surface area contributed by atoms with Crippen molar-refractivity contribution in [1.29, 1.82) is 5.41 Å². The number of nitrogens with zero attached hydrogens (tertiary/aromatic N) is 4. The predicted octanol–water partition coefficient (Wildman–Crippen LogP) is 4.47. The normalized spacial score (nSPS) is 21.1. The van der Waals surface area contributed by atoms with Crippen molar-refractivity contribution in [2.24, 2.45) is 0 Å². The third-order valence-corrected chi connectivity index (χ3v) is 7.09. The molecule has 3 aromatic rings. The molecular formula is C23H25ClFN7OS. The minimum atomic E-state index is -0.453. The van der Waals surface area contributed by atoms with E-state index in [9.17, 15) is 4.39 Å². The van der Waals surface area contributed by atoms with E-state index in [1.165, 1.54) is 23.6 Å². The maximum absolute atomic E-state index is 14.9. The highest BCUT2D eigenvalue weighted by molar-refractivity contribution is 7.22. The third kappa shape index (κ3) is 4.70. The first-order valence-electron chi connectivity index (χ1n) is 11.1. The first-order valence-corrected chi connectivity index (χ1v) is 12.3. The predicted molar refractivity (Wildman–Crippen MR) is 135 cm³/mol. The average Bonchev–Trinajstić information content (AvgIpc) is 3.54. The van der Waals surface area contributed by atoms with E-state index in [1.807, 2.05) is 18.0 Å². The fourth-order valence-corrected chi connectivity index (χ4v) is 4.94. The SMILES string of the molecule is CNc1nc2nc(N3CC(C)OC(/C(C=N)=C/NC4CC4)C3)nc(-c3ccc(Cl)cc3F)c2s1. The molecule has 5 rings (SSSR count). The van der Waals surface area contributed by atoms with Crippen molar-refractivity contribution in [3.05, 3.63) is 40.8 Å². The number of ether oxygens (including phenoxy) is 1. The van der Waals surface area contributed by atoms with Gasteiger partial charge in [0.1, 0.15) is 16.6 Å². The van der Waals surface area contributed by atoms with Crippen molar-refractivity contribution < 1.29 is 9.13 Å². The van der Waals surface area contributed by atoms with Crippen LogP contribution in [0.2, 0.25) is 5.02 Å². The van der Waals surface area contributed by atoms with Crippen LogP contribution in [0.25, 0.3) is 21.6 Å². The van der Waals surface area contributed by atoms with Crippen molar-refractivity contribution in [2.45, 2.75) is 38.0 Å². The molecule has 1 aliphatic carbocycles. The summed E-state index contributed by atoms with van der Waals surface area (Å²) in [6, 6.07) is 5.05. The fraction of sp³-hybridized carbons (Fsp3) is 0.391. The molecule has 1 saturated heterocycles. The van der Waals surface area contributed by atoms with Gasteiger partial charge in [0.05, 0.1) is 18.3 Å². The molecule has 2 atom stereocenters. The van der Waals surface area contributed by atoms with Crippen molar-refractivity contribution in [2.75, 3.05) is 30.4 Å². The molecule has 2 aliphatic rings. The summed E-state index contributed by atoms with van der Waals surface area (Å²) in [6.45, 7) is 3.01. The summed E-state index contributed by atoms with van der Waals surface area (Å²) in [4.78, 5) is 16.1. The van der Waals surface area contributed by atoms with Gasteiger partial charge < -0.3 is 25.7 Å². The zero-order valence-electron chi connectivity index (χ0n) is 18.8. The molecule has 1 aliphatic heterocycles. The Bertz CT molecular complexity index is 1260. The number of thiazole rings is 1. The number of hydrogen-bond donors (Lipinski definition) is 3. The van der Waals surface area contributed by atoms with Crippen molar-refractivity contribution in [3.8, 4) is 11.3 Å². The van der Waals surface area contributed by atoms with Crippen molar-refractivity contribution >= 4 is 50.6 Å². The van der Waals surface area contributed by atoms with Crippen LogP contribution in [-0.2, 0) is 4.74 Å². The average molecular weight is 502 g/mol. The fourth-order valence-electron chi connectivity index (χ4n) is 3.92. The van der Waals surface area contributed by atoms with Gasteiger partial charge >= 0.3 is 0 Å². The second kappa shape index (κ2) is 9.44. The summed E-state index contributed by atoms with van der Waals surface area (Å²) in [5.74, 6) is -0.00399. The minimum Gasteiger partial charge on any atom is -0.388 e. The molecule has 1 saturated carbocycles. The molecule has 3 heterocycles. The molecule has 0 spiro atoms. The lowest BCUT2D eigenvalue weighted by Gasteiger charge is -2.37. The quantitative estimate of drug-likeness (QED) is 0.411. The maximum Gasteiger partial charge on any atom is 0.228 e. The van der Waals surface area contributed by atoms with E-state index in [0.29, 0.717) is 56.8 Å². The van der Waals surface area contributed by atoms with Crippen LogP contribution in [0, 0.1) is 11.2 Å². The van der Waals surface area contributed by atoms with Crippen LogP contribution in [0.3, 0.4) is 0 Å². The number of nitrogens with one attached hydrogen (secondary N) is 3. The first kappa shape index (κ1) is 22.9. The molecule has 34 heavy (non-hydrogen) atoms. The molecule has 0 radical (unpaired) electrons. The monoisotopic (exact) mass is 501 g/mol. The highest BCUT2D eigenvalue weighted by Crippen LogP contribution is 2.36. The van der Waals surface area contributed by atoms with Crippen LogP contribution in [0.5, 0.6) is 0 Å². The zero-order valence-corrected chi connectivity index (χ0v) is 20.4. The van der Waals surface area contributed by atoms with Gasteiger partial charge in [-0.1, -0.05) is 22.9 Å². The Morgan fingerprint density at radius 2 is 2.12 bits per heavy atom. The van der Waals surface area contributed by atoms with E-state index >= 15 is 0 Å². The molecule has 2 unspecified atom stereocenters. The lowest BCUT2D eigenvalue weighted by Crippen LogP contribution is -2.48. The van der Waals surface area contributed by atoms with Gasteiger partial charge in [0.2, 0.25) is 5.95 Å². The third-order valence-electron chi connectivity index (χ3n) is 5.79. The molecule has 0 amide bonds. The van der Waals surface area contributed by atoms with E-state index in [4.69, 9.17) is 31.7 Å². The summed E-state index contributed by atoms with van der Waals surface area (Å²) < 4.78 is 21.7.